The minimum Gasteiger partial charge on any atom is -0.336 e. The molecule has 2 N–H and O–H groups in total. The molecule has 24 heavy (non-hydrogen) atoms. The number of carbonyl (C=O) groups is 2. The second kappa shape index (κ2) is 7.49. The Hall–Kier alpha value is -1.66. The van der Waals surface area contributed by atoms with E-state index < -0.39 is 5.82 Å². The molecule has 2 fully saturated rings. The zero-order chi connectivity index (χ0) is 16.6. The summed E-state index contributed by atoms with van der Waals surface area (Å²) in [6, 6.07) is 4.39. The van der Waals surface area contributed by atoms with Crippen LogP contribution in [0.4, 0.5) is 10.1 Å². The SMILES string of the molecule is CC1CC(CN)CN1C(=O)c1cc(N2CCCC2=O)ccc1F.Cl. The normalized spacial score (nSPS) is 23.5. The number of amides is 2. The largest absolute Gasteiger partial charge is 0.336 e. The fourth-order valence-electron chi connectivity index (χ4n) is 3.52. The van der Waals surface area contributed by atoms with Gasteiger partial charge in [-0.05, 0) is 50.4 Å². The molecular weight excluding hydrogens is 333 g/mol. The first-order valence-electron chi connectivity index (χ1n) is 8.12. The van der Waals surface area contributed by atoms with Crippen molar-refractivity contribution in [2.24, 2.45) is 11.7 Å². The fraction of sp³-hybridized carbons (Fsp3) is 0.529. The number of likely N-dealkylation sites (tertiary alicyclic amines) is 1. The van der Waals surface area contributed by atoms with E-state index in [1.54, 1.807) is 15.9 Å². The van der Waals surface area contributed by atoms with E-state index in [9.17, 15) is 14.0 Å². The molecule has 0 spiro atoms. The van der Waals surface area contributed by atoms with Crippen molar-refractivity contribution in [1.82, 2.24) is 4.90 Å². The lowest BCUT2D eigenvalue weighted by atomic mass is 10.1. The molecule has 132 valence electrons. The Balaban J connectivity index is 0.00000208. The summed E-state index contributed by atoms with van der Waals surface area (Å²) in [5.74, 6) is -0.582. The molecule has 0 radical (unpaired) electrons. The maximum atomic E-state index is 14.2. The van der Waals surface area contributed by atoms with Crippen molar-refractivity contribution in [3.8, 4) is 0 Å². The topological polar surface area (TPSA) is 66.6 Å². The smallest absolute Gasteiger partial charge is 0.257 e. The molecule has 0 bridgehead atoms. The Bertz CT molecular complexity index is 640. The van der Waals surface area contributed by atoms with Gasteiger partial charge in [0.2, 0.25) is 5.91 Å². The van der Waals surface area contributed by atoms with Crippen molar-refractivity contribution >= 4 is 29.9 Å². The van der Waals surface area contributed by atoms with Gasteiger partial charge in [-0.3, -0.25) is 9.59 Å². The average Bonchev–Trinajstić information content (AvgIpc) is 3.13. The van der Waals surface area contributed by atoms with E-state index in [1.165, 1.54) is 12.1 Å². The average molecular weight is 356 g/mol. The Morgan fingerprint density at radius 1 is 1.42 bits per heavy atom. The second-order valence-corrected chi connectivity index (χ2v) is 6.46. The van der Waals surface area contributed by atoms with E-state index in [0.29, 0.717) is 31.7 Å². The number of hydrogen-bond acceptors (Lipinski definition) is 3. The van der Waals surface area contributed by atoms with Crippen LogP contribution in [0.25, 0.3) is 0 Å². The van der Waals surface area contributed by atoms with Crippen LogP contribution < -0.4 is 10.6 Å². The highest BCUT2D eigenvalue weighted by Crippen LogP contribution is 2.28. The summed E-state index contributed by atoms with van der Waals surface area (Å²) in [5, 5.41) is 0. The standard InChI is InChI=1S/C17H22FN3O2.ClH/c1-11-7-12(9-19)10-21(11)17(23)14-8-13(4-5-15(14)18)20-6-2-3-16(20)22;/h4-5,8,11-12H,2-3,6-7,9-10,19H2,1H3;1H. The van der Waals surface area contributed by atoms with Crippen molar-refractivity contribution in [3.63, 3.8) is 0 Å². The molecule has 2 saturated heterocycles. The van der Waals surface area contributed by atoms with E-state index in [1.807, 2.05) is 6.92 Å². The van der Waals surface area contributed by atoms with E-state index in [2.05, 4.69) is 0 Å². The Morgan fingerprint density at radius 2 is 2.17 bits per heavy atom. The number of benzene rings is 1. The number of anilines is 1. The van der Waals surface area contributed by atoms with Crippen LogP contribution in [-0.4, -0.2) is 42.4 Å². The highest BCUT2D eigenvalue weighted by atomic mass is 35.5. The molecule has 2 atom stereocenters. The van der Waals surface area contributed by atoms with E-state index in [-0.39, 0.29) is 41.7 Å². The third-order valence-electron chi connectivity index (χ3n) is 4.82. The van der Waals surface area contributed by atoms with Gasteiger partial charge in [-0.15, -0.1) is 12.4 Å². The molecule has 0 aromatic heterocycles. The van der Waals surface area contributed by atoms with Crippen molar-refractivity contribution in [2.75, 3.05) is 24.5 Å². The molecule has 2 heterocycles. The molecule has 1 aromatic carbocycles. The van der Waals surface area contributed by atoms with Gasteiger partial charge in [-0.2, -0.15) is 0 Å². The molecule has 7 heteroatoms. The lowest BCUT2D eigenvalue weighted by Crippen LogP contribution is -2.35. The maximum absolute atomic E-state index is 14.2. The molecule has 5 nitrogen and oxygen atoms in total. The van der Waals surface area contributed by atoms with Crippen LogP contribution in [0, 0.1) is 11.7 Å². The summed E-state index contributed by atoms with van der Waals surface area (Å²) >= 11 is 0. The quantitative estimate of drug-likeness (QED) is 0.903. The van der Waals surface area contributed by atoms with E-state index >= 15 is 0 Å². The van der Waals surface area contributed by atoms with Gasteiger partial charge >= 0.3 is 0 Å². The van der Waals surface area contributed by atoms with Gasteiger partial charge in [-0.1, -0.05) is 0 Å². The van der Waals surface area contributed by atoms with Crippen molar-refractivity contribution in [1.29, 1.82) is 0 Å². The Kier molecular flexibility index (Phi) is 5.83. The molecule has 2 aliphatic rings. The zero-order valence-electron chi connectivity index (χ0n) is 13.7. The van der Waals surface area contributed by atoms with Crippen LogP contribution in [-0.2, 0) is 4.79 Å². The molecule has 2 amide bonds. The van der Waals surface area contributed by atoms with Crippen LogP contribution in [0.15, 0.2) is 18.2 Å². The van der Waals surface area contributed by atoms with Crippen molar-refractivity contribution in [2.45, 2.75) is 32.2 Å². The van der Waals surface area contributed by atoms with Crippen molar-refractivity contribution in [3.05, 3.63) is 29.6 Å². The number of hydrogen-bond donors (Lipinski definition) is 1. The lowest BCUT2D eigenvalue weighted by molar-refractivity contribution is -0.117. The first-order chi connectivity index (χ1) is 11.0. The number of rotatable bonds is 3. The van der Waals surface area contributed by atoms with Crippen molar-refractivity contribution < 1.29 is 14.0 Å². The van der Waals surface area contributed by atoms with Gasteiger partial charge in [0.25, 0.3) is 5.91 Å². The third kappa shape index (κ3) is 3.39. The Labute approximate surface area is 147 Å². The highest BCUT2D eigenvalue weighted by Gasteiger charge is 2.33. The van der Waals surface area contributed by atoms with Crippen LogP contribution in [0.3, 0.4) is 0 Å². The second-order valence-electron chi connectivity index (χ2n) is 6.46. The summed E-state index contributed by atoms with van der Waals surface area (Å²) in [4.78, 5) is 27.9. The van der Waals surface area contributed by atoms with Gasteiger partial charge in [0.15, 0.2) is 0 Å². The summed E-state index contributed by atoms with van der Waals surface area (Å²) < 4.78 is 14.2. The van der Waals surface area contributed by atoms with Gasteiger partial charge in [-0.25, -0.2) is 4.39 Å². The third-order valence-corrected chi connectivity index (χ3v) is 4.82. The summed E-state index contributed by atoms with van der Waals surface area (Å²) in [7, 11) is 0. The molecule has 2 aliphatic heterocycles. The minimum atomic E-state index is -0.547. The monoisotopic (exact) mass is 355 g/mol. The maximum Gasteiger partial charge on any atom is 0.257 e. The van der Waals surface area contributed by atoms with Gasteiger partial charge in [0.05, 0.1) is 5.56 Å². The lowest BCUT2D eigenvalue weighted by Gasteiger charge is -2.23. The minimum absolute atomic E-state index is 0. The number of halogens is 2. The summed E-state index contributed by atoms with van der Waals surface area (Å²) in [5.41, 5.74) is 6.32. The molecule has 0 aliphatic carbocycles. The fourth-order valence-corrected chi connectivity index (χ4v) is 3.52. The number of nitrogens with zero attached hydrogens (tertiary/aromatic N) is 2. The van der Waals surface area contributed by atoms with Gasteiger partial charge in [0, 0.05) is 31.2 Å². The molecule has 0 saturated carbocycles. The molecular formula is C17H23ClFN3O2. The van der Waals surface area contributed by atoms with E-state index in [0.717, 1.165) is 12.8 Å². The molecule has 3 rings (SSSR count). The first kappa shape index (κ1) is 18.7. The highest BCUT2D eigenvalue weighted by molar-refractivity contribution is 5.99. The summed E-state index contributed by atoms with van der Waals surface area (Å²) in [6.45, 7) is 3.66. The van der Waals surface area contributed by atoms with Gasteiger partial charge < -0.3 is 15.5 Å². The predicted molar refractivity (Wildman–Crippen MR) is 92.9 cm³/mol. The van der Waals surface area contributed by atoms with Crippen LogP contribution >= 0.6 is 12.4 Å². The summed E-state index contributed by atoms with van der Waals surface area (Å²) in [6.07, 6.45) is 2.14. The number of carbonyl (C=O) groups excluding carboxylic acids is 2. The molecule has 2 unspecified atom stereocenters. The van der Waals surface area contributed by atoms with Crippen LogP contribution in [0.2, 0.25) is 0 Å². The predicted octanol–water partition coefficient (Wildman–Crippen LogP) is 2.18. The molecule has 1 aromatic rings. The van der Waals surface area contributed by atoms with Gasteiger partial charge in [0.1, 0.15) is 5.82 Å². The number of nitrogens with two attached hydrogens (primary N) is 1. The van der Waals surface area contributed by atoms with Crippen LogP contribution in [0.1, 0.15) is 36.5 Å². The first-order valence-corrected chi connectivity index (χ1v) is 8.12. The van der Waals surface area contributed by atoms with Crippen LogP contribution in [0.5, 0.6) is 0 Å². The zero-order valence-corrected chi connectivity index (χ0v) is 14.5. The van der Waals surface area contributed by atoms with E-state index in [4.69, 9.17) is 5.73 Å². The Morgan fingerprint density at radius 3 is 2.75 bits per heavy atom.